The summed E-state index contributed by atoms with van der Waals surface area (Å²) in [7, 11) is 0. The molecule has 98 valence electrons. The van der Waals surface area contributed by atoms with E-state index in [0.717, 1.165) is 10.5 Å². The molecule has 1 aromatic carbocycles. The monoisotopic (exact) mass is 265 g/mol. The third kappa shape index (κ3) is 2.27. The number of hydrogen-bond donors (Lipinski definition) is 1. The van der Waals surface area contributed by atoms with Gasteiger partial charge in [-0.15, -0.1) is 11.8 Å². The third-order valence-electron chi connectivity index (χ3n) is 3.63. The van der Waals surface area contributed by atoms with Gasteiger partial charge >= 0.3 is 0 Å². The Morgan fingerprint density at radius 1 is 1.39 bits per heavy atom. The summed E-state index contributed by atoms with van der Waals surface area (Å²) in [5.41, 5.74) is 0.0278. The lowest BCUT2D eigenvalue weighted by Crippen LogP contribution is -2.66. The lowest BCUT2D eigenvalue weighted by atomic mass is 9.82. The number of carbonyl (C=O) groups is 1. The first-order valence-electron chi connectivity index (χ1n) is 6.12. The highest BCUT2D eigenvalue weighted by Crippen LogP contribution is 2.31. The minimum atomic E-state index is -0.704. The van der Waals surface area contributed by atoms with Gasteiger partial charge in [0, 0.05) is 4.90 Å². The molecular weight excluding hydrogens is 246 g/mol. The molecule has 1 aliphatic heterocycles. The van der Waals surface area contributed by atoms with E-state index in [-0.39, 0.29) is 11.8 Å². The van der Waals surface area contributed by atoms with Gasteiger partial charge in [0.1, 0.15) is 5.60 Å². The summed E-state index contributed by atoms with van der Waals surface area (Å²) in [5.74, 6) is 0.197. The molecule has 1 amide bonds. The Balaban J connectivity index is 2.11. The first kappa shape index (κ1) is 13.4. The fourth-order valence-electron chi connectivity index (χ4n) is 2.12. The second kappa shape index (κ2) is 4.94. The molecule has 0 spiro atoms. The van der Waals surface area contributed by atoms with E-state index in [1.54, 1.807) is 16.7 Å². The molecule has 0 radical (unpaired) electrons. The van der Waals surface area contributed by atoms with Crippen LogP contribution in [0.4, 0.5) is 0 Å². The van der Waals surface area contributed by atoms with E-state index >= 15 is 0 Å². The summed E-state index contributed by atoms with van der Waals surface area (Å²) in [6, 6.07) is 7.61. The lowest BCUT2D eigenvalue weighted by Gasteiger charge is -2.49. The van der Waals surface area contributed by atoms with Crippen molar-refractivity contribution in [3.8, 4) is 0 Å². The van der Waals surface area contributed by atoms with E-state index < -0.39 is 5.60 Å². The van der Waals surface area contributed by atoms with Crippen molar-refractivity contribution in [2.75, 3.05) is 19.3 Å². The van der Waals surface area contributed by atoms with E-state index in [9.17, 15) is 9.90 Å². The van der Waals surface area contributed by atoms with Crippen LogP contribution in [0, 0.1) is 5.92 Å². The summed E-state index contributed by atoms with van der Waals surface area (Å²) in [6.45, 7) is 4.84. The summed E-state index contributed by atoms with van der Waals surface area (Å²) < 4.78 is 0. The zero-order valence-corrected chi connectivity index (χ0v) is 11.8. The van der Waals surface area contributed by atoms with Crippen molar-refractivity contribution in [3.05, 3.63) is 29.8 Å². The quantitative estimate of drug-likeness (QED) is 0.852. The van der Waals surface area contributed by atoms with Gasteiger partial charge < -0.3 is 10.0 Å². The van der Waals surface area contributed by atoms with Crippen LogP contribution >= 0.6 is 11.8 Å². The largest absolute Gasteiger partial charge is 0.386 e. The highest BCUT2D eigenvalue weighted by Gasteiger charge is 2.46. The second-order valence-electron chi connectivity index (χ2n) is 5.12. The van der Waals surface area contributed by atoms with E-state index in [0.29, 0.717) is 13.1 Å². The van der Waals surface area contributed by atoms with Crippen LogP contribution in [0.2, 0.25) is 0 Å². The van der Waals surface area contributed by atoms with Gasteiger partial charge in [-0.2, -0.15) is 0 Å². The van der Waals surface area contributed by atoms with Gasteiger partial charge in [0.25, 0.3) is 5.91 Å². The van der Waals surface area contributed by atoms with Crippen molar-refractivity contribution >= 4 is 17.7 Å². The van der Waals surface area contributed by atoms with Crippen LogP contribution in [-0.4, -0.2) is 40.9 Å². The predicted molar refractivity (Wildman–Crippen MR) is 73.9 cm³/mol. The molecule has 1 saturated heterocycles. The number of rotatable bonds is 3. The number of benzene rings is 1. The summed E-state index contributed by atoms with van der Waals surface area (Å²) >= 11 is 1.57. The van der Waals surface area contributed by atoms with Gasteiger partial charge in [0.2, 0.25) is 0 Å². The van der Waals surface area contributed by atoms with Crippen LogP contribution in [0.5, 0.6) is 0 Å². The Kier molecular flexibility index (Phi) is 3.69. The average Bonchev–Trinajstić information content (AvgIpc) is 2.33. The van der Waals surface area contributed by atoms with Crippen LogP contribution in [0.25, 0.3) is 0 Å². The molecule has 0 bridgehead atoms. The smallest absolute Gasteiger partial charge is 0.255 e. The number of carbonyl (C=O) groups excluding carboxylic acids is 1. The van der Waals surface area contributed by atoms with Crippen molar-refractivity contribution < 1.29 is 9.90 Å². The van der Waals surface area contributed by atoms with E-state index in [4.69, 9.17) is 0 Å². The molecule has 0 atom stereocenters. The SMILES string of the molecule is CSc1ccccc1C(=O)N1CC(O)(C(C)C)C1. The average molecular weight is 265 g/mol. The Morgan fingerprint density at radius 2 is 2.00 bits per heavy atom. The molecule has 4 heteroatoms. The first-order valence-corrected chi connectivity index (χ1v) is 7.35. The van der Waals surface area contributed by atoms with Gasteiger partial charge in [-0.25, -0.2) is 0 Å². The Morgan fingerprint density at radius 3 is 2.56 bits per heavy atom. The highest BCUT2D eigenvalue weighted by molar-refractivity contribution is 7.98. The molecule has 1 N–H and O–H groups in total. The molecule has 2 rings (SSSR count). The fourth-order valence-corrected chi connectivity index (χ4v) is 2.71. The lowest BCUT2D eigenvalue weighted by molar-refractivity contribution is -0.110. The van der Waals surface area contributed by atoms with Crippen molar-refractivity contribution in [1.82, 2.24) is 4.90 Å². The molecule has 1 aliphatic rings. The number of likely N-dealkylation sites (tertiary alicyclic amines) is 1. The van der Waals surface area contributed by atoms with Crippen LogP contribution in [0.3, 0.4) is 0 Å². The number of thioether (sulfide) groups is 1. The molecule has 18 heavy (non-hydrogen) atoms. The van der Waals surface area contributed by atoms with Gasteiger partial charge in [-0.3, -0.25) is 4.79 Å². The van der Waals surface area contributed by atoms with Crippen LogP contribution in [0.15, 0.2) is 29.2 Å². The van der Waals surface area contributed by atoms with E-state index in [1.165, 1.54) is 0 Å². The molecule has 0 aliphatic carbocycles. The summed E-state index contributed by atoms with van der Waals surface area (Å²) in [5, 5.41) is 10.2. The highest BCUT2D eigenvalue weighted by atomic mass is 32.2. The molecule has 1 heterocycles. The molecular formula is C14H19NO2S. The standard InChI is InChI=1S/C14H19NO2S/c1-10(2)14(17)8-15(9-14)13(16)11-6-4-5-7-12(11)18-3/h4-7,10,17H,8-9H2,1-3H3. The number of β-amino-alcohol motifs (C(OH)–C–C–N with tert-alkyl or cyclic N) is 1. The van der Waals surface area contributed by atoms with E-state index in [1.807, 2.05) is 44.4 Å². The van der Waals surface area contributed by atoms with Gasteiger partial charge in [0.15, 0.2) is 0 Å². The minimum Gasteiger partial charge on any atom is -0.386 e. The number of nitrogens with zero attached hydrogens (tertiary/aromatic N) is 1. The van der Waals surface area contributed by atoms with Crippen molar-refractivity contribution in [2.24, 2.45) is 5.92 Å². The van der Waals surface area contributed by atoms with E-state index in [2.05, 4.69) is 0 Å². The number of hydrogen-bond acceptors (Lipinski definition) is 3. The maximum absolute atomic E-state index is 12.3. The topological polar surface area (TPSA) is 40.5 Å². The van der Waals surface area contributed by atoms with Gasteiger partial charge in [0.05, 0.1) is 18.7 Å². The summed E-state index contributed by atoms with van der Waals surface area (Å²) in [6.07, 6.45) is 1.96. The third-order valence-corrected chi connectivity index (χ3v) is 4.42. The zero-order valence-electron chi connectivity index (χ0n) is 11.0. The van der Waals surface area contributed by atoms with Gasteiger partial charge in [-0.05, 0) is 24.3 Å². The predicted octanol–water partition coefficient (Wildman–Crippen LogP) is 2.25. The van der Waals surface area contributed by atoms with Gasteiger partial charge in [-0.1, -0.05) is 26.0 Å². The van der Waals surface area contributed by atoms with Crippen LogP contribution in [-0.2, 0) is 0 Å². The molecule has 1 fully saturated rings. The maximum atomic E-state index is 12.3. The van der Waals surface area contributed by atoms with Crippen molar-refractivity contribution in [2.45, 2.75) is 24.3 Å². The maximum Gasteiger partial charge on any atom is 0.255 e. The Labute approximate surface area is 112 Å². The normalized spacial score (nSPS) is 17.7. The second-order valence-corrected chi connectivity index (χ2v) is 5.97. The Hall–Kier alpha value is -1.00. The van der Waals surface area contributed by atoms with Crippen molar-refractivity contribution in [3.63, 3.8) is 0 Å². The molecule has 0 aromatic heterocycles. The molecule has 3 nitrogen and oxygen atoms in total. The summed E-state index contributed by atoms with van der Waals surface area (Å²) in [4.78, 5) is 15.0. The number of amides is 1. The molecule has 0 saturated carbocycles. The minimum absolute atomic E-state index is 0.0188. The molecule has 1 aromatic rings. The van der Waals surface area contributed by atoms with Crippen LogP contribution in [0.1, 0.15) is 24.2 Å². The molecule has 0 unspecified atom stereocenters. The number of aliphatic hydroxyl groups is 1. The van der Waals surface area contributed by atoms with Crippen LogP contribution < -0.4 is 0 Å². The Bertz CT molecular complexity index is 453. The first-order chi connectivity index (χ1) is 8.48. The zero-order chi connectivity index (χ0) is 13.3. The van der Waals surface area contributed by atoms with Crippen molar-refractivity contribution in [1.29, 1.82) is 0 Å². The fraction of sp³-hybridized carbons (Fsp3) is 0.500.